The van der Waals surface area contributed by atoms with Gasteiger partial charge in [0.1, 0.15) is 5.78 Å². The molecule has 0 aromatic heterocycles. The molecule has 0 bridgehead atoms. The maximum atomic E-state index is 12.1. The average molecular weight is 591 g/mol. The molecule has 0 aliphatic carbocycles. The summed E-state index contributed by atoms with van der Waals surface area (Å²) in [4.78, 5) is 50.7. The van der Waals surface area contributed by atoms with Crippen molar-refractivity contribution >= 4 is 49.9 Å². The SMILES string of the molecule is O=C(CCCNCCCCC(O)(P(=O)(O)O)P(=O)(O)O)CCCc1ccc(N(CCCl)CCCl)cc1. The largest absolute Gasteiger partial charge is 0.369 e. The number of hydrogen-bond acceptors (Lipinski definition) is 6. The third-order valence-corrected chi connectivity index (χ3v) is 10.0. The van der Waals surface area contributed by atoms with Gasteiger partial charge >= 0.3 is 15.2 Å². The minimum absolute atomic E-state index is 0.0110. The van der Waals surface area contributed by atoms with Crippen LogP contribution in [-0.4, -0.2) is 73.5 Å². The smallest absolute Gasteiger partial charge is 0.369 e. The number of anilines is 1. The monoisotopic (exact) mass is 590 g/mol. The van der Waals surface area contributed by atoms with Crippen LogP contribution in [0.1, 0.15) is 50.5 Å². The highest BCUT2D eigenvalue weighted by Crippen LogP contribution is 2.69. The third kappa shape index (κ3) is 11.5. The normalized spacial score (nSPS) is 12.6. The van der Waals surface area contributed by atoms with Gasteiger partial charge in [-0.2, -0.15) is 0 Å². The van der Waals surface area contributed by atoms with Gasteiger partial charge in [-0.25, -0.2) is 0 Å². The van der Waals surface area contributed by atoms with E-state index in [0.29, 0.717) is 50.5 Å². The van der Waals surface area contributed by atoms with Gasteiger partial charge in [0, 0.05) is 43.4 Å². The van der Waals surface area contributed by atoms with Gasteiger partial charge in [-0.15, -0.1) is 23.2 Å². The molecule has 0 fully saturated rings. The standard InChI is InChI=1S/C22H38Cl2N2O8P2/c23-13-17-26(18-14-24)20-10-8-19(9-11-20)5-3-6-21(27)7-4-16-25-15-2-1-12-22(28,35(29,30)31)36(32,33)34/h8-11,25,28H,1-7,12-18H2,(H2,29,30,31)(H2,32,33,34). The fourth-order valence-electron chi connectivity index (χ4n) is 3.67. The number of Topliss-reactive ketones (excluding diaryl/α,β-unsaturated/α-hetero) is 1. The lowest BCUT2D eigenvalue weighted by Crippen LogP contribution is -2.29. The maximum absolute atomic E-state index is 12.1. The summed E-state index contributed by atoms with van der Waals surface area (Å²) in [7, 11) is -10.8. The van der Waals surface area contributed by atoms with Gasteiger partial charge < -0.3 is 34.9 Å². The fourth-order valence-corrected chi connectivity index (χ4v) is 6.34. The van der Waals surface area contributed by atoms with Crippen molar-refractivity contribution in [1.29, 1.82) is 0 Å². The van der Waals surface area contributed by atoms with Crippen LogP contribution in [0.4, 0.5) is 5.69 Å². The molecule has 0 radical (unpaired) electrons. The molecule has 0 heterocycles. The second kappa shape index (κ2) is 16.5. The minimum Gasteiger partial charge on any atom is -0.369 e. The molecule has 36 heavy (non-hydrogen) atoms. The molecular formula is C22H38Cl2N2O8P2. The van der Waals surface area contributed by atoms with E-state index in [4.69, 9.17) is 42.8 Å². The number of ketones is 1. The van der Waals surface area contributed by atoms with Crippen LogP contribution >= 0.6 is 38.4 Å². The molecule has 0 aliphatic heterocycles. The molecule has 0 unspecified atom stereocenters. The number of carbonyl (C=O) groups is 1. The Morgan fingerprint density at radius 3 is 1.92 bits per heavy atom. The number of unbranched alkanes of at least 4 members (excludes halogenated alkanes) is 1. The van der Waals surface area contributed by atoms with Crippen LogP contribution in [0.2, 0.25) is 0 Å². The fraction of sp³-hybridized carbons (Fsp3) is 0.682. The van der Waals surface area contributed by atoms with Crippen LogP contribution in [0, 0.1) is 0 Å². The van der Waals surface area contributed by atoms with Crippen LogP contribution in [0.25, 0.3) is 0 Å². The van der Waals surface area contributed by atoms with Crippen LogP contribution in [0.5, 0.6) is 0 Å². The van der Waals surface area contributed by atoms with E-state index in [1.807, 2.05) is 12.1 Å². The van der Waals surface area contributed by atoms with Crippen molar-refractivity contribution in [3.63, 3.8) is 0 Å². The number of nitrogens with one attached hydrogen (secondary N) is 1. The van der Waals surface area contributed by atoms with E-state index in [-0.39, 0.29) is 12.2 Å². The molecule has 1 rings (SSSR count). The molecule has 0 atom stereocenters. The molecule has 6 N–H and O–H groups in total. The number of hydrogen-bond donors (Lipinski definition) is 6. The zero-order chi connectivity index (χ0) is 27.2. The molecule has 0 amide bonds. The summed E-state index contributed by atoms with van der Waals surface area (Å²) in [6, 6.07) is 8.20. The minimum atomic E-state index is -5.40. The first-order chi connectivity index (χ1) is 16.9. The first-order valence-corrected chi connectivity index (χ1v) is 16.2. The number of benzene rings is 1. The summed E-state index contributed by atoms with van der Waals surface area (Å²) in [5.74, 6) is 1.23. The second-order valence-electron chi connectivity index (χ2n) is 8.60. The summed E-state index contributed by atoms with van der Waals surface area (Å²) >= 11 is 11.7. The van der Waals surface area contributed by atoms with Crippen LogP contribution in [-0.2, 0) is 20.3 Å². The van der Waals surface area contributed by atoms with Gasteiger partial charge in [0.15, 0.2) is 0 Å². The summed E-state index contributed by atoms with van der Waals surface area (Å²) < 4.78 is 22.6. The number of halogens is 2. The third-order valence-electron chi connectivity index (χ3n) is 5.79. The zero-order valence-electron chi connectivity index (χ0n) is 20.3. The predicted octanol–water partition coefficient (Wildman–Crippen LogP) is 3.40. The Hall–Kier alpha value is -0.510. The van der Waals surface area contributed by atoms with Gasteiger partial charge in [-0.1, -0.05) is 12.1 Å². The van der Waals surface area contributed by atoms with E-state index < -0.39 is 26.7 Å². The van der Waals surface area contributed by atoms with Crippen LogP contribution in [0.3, 0.4) is 0 Å². The van der Waals surface area contributed by atoms with Crippen molar-refractivity contribution in [3.8, 4) is 0 Å². The van der Waals surface area contributed by atoms with Gasteiger partial charge in [0.05, 0.1) is 0 Å². The van der Waals surface area contributed by atoms with Crippen molar-refractivity contribution in [2.45, 2.75) is 56.4 Å². The molecule has 1 aromatic carbocycles. The second-order valence-corrected chi connectivity index (χ2v) is 13.4. The predicted molar refractivity (Wildman–Crippen MR) is 143 cm³/mol. The molecule has 0 aliphatic rings. The first kappa shape index (κ1) is 33.5. The number of aryl methyl sites for hydroxylation is 1. The number of nitrogens with zero attached hydrogens (tertiary/aromatic N) is 1. The van der Waals surface area contributed by atoms with Crippen molar-refractivity contribution in [1.82, 2.24) is 5.32 Å². The highest BCUT2D eigenvalue weighted by Gasteiger charge is 2.58. The topological polar surface area (TPSA) is 168 Å². The lowest BCUT2D eigenvalue weighted by molar-refractivity contribution is -0.119. The quantitative estimate of drug-likeness (QED) is 0.0751. The summed E-state index contributed by atoms with van der Waals surface area (Å²) in [5, 5.41) is 9.53. The lowest BCUT2D eigenvalue weighted by atomic mass is 10.0. The van der Waals surface area contributed by atoms with E-state index in [9.17, 15) is 19.0 Å². The van der Waals surface area contributed by atoms with E-state index in [0.717, 1.165) is 37.2 Å². The van der Waals surface area contributed by atoms with Crippen molar-refractivity contribution in [2.75, 3.05) is 42.8 Å². The molecule has 0 spiro atoms. The summed E-state index contributed by atoms with van der Waals surface area (Å²) in [5.41, 5.74) is 2.23. The number of carbonyl (C=O) groups excluding carboxylic acids is 1. The van der Waals surface area contributed by atoms with E-state index >= 15 is 0 Å². The van der Waals surface area contributed by atoms with Crippen molar-refractivity contribution in [2.24, 2.45) is 0 Å². The summed E-state index contributed by atoms with van der Waals surface area (Å²) in [6.45, 7) is 2.45. The Morgan fingerprint density at radius 1 is 0.861 bits per heavy atom. The Labute approximate surface area is 222 Å². The average Bonchev–Trinajstić information content (AvgIpc) is 2.79. The molecule has 0 saturated carbocycles. The van der Waals surface area contributed by atoms with Gasteiger partial charge in [-0.3, -0.25) is 13.9 Å². The van der Waals surface area contributed by atoms with Crippen molar-refractivity contribution in [3.05, 3.63) is 29.8 Å². The summed E-state index contributed by atoms with van der Waals surface area (Å²) in [6.07, 6.45) is 2.79. The molecule has 208 valence electrons. The number of alkyl halides is 2. The van der Waals surface area contributed by atoms with Crippen LogP contribution < -0.4 is 10.2 Å². The van der Waals surface area contributed by atoms with E-state index in [1.165, 1.54) is 0 Å². The number of rotatable bonds is 20. The Balaban J connectivity index is 2.20. The highest BCUT2D eigenvalue weighted by atomic mass is 35.5. The van der Waals surface area contributed by atoms with Crippen LogP contribution in [0.15, 0.2) is 24.3 Å². The van der Waals surface area contributed by atoms with E-state index in [1.54, 1.807) is 0 Å². The molecule has 14 heteroatoms. The zero-order valence-corrected chi connectivity index (χ0v) is 23.6. The molecule has 10 nitrogen and oxygen atoms in total. The lowest BCUT2D eigenvalue weighted by Gasteiger charge is -2.29. The van der Waals surface area contributed by atoms with Gasteiger partial charge in [0.2, 0.25) is 0 Å². The first-order valence-electron chi connectivity index (χ1n) is 11.9. The molecule has 0 saturated heterocycles. The van der Waals surface area contributed by atoms with Gasteiger partial charge in [-0.05, 0) is 69.3 Å². The maximum Gasteiger partial charge on any atom is 0.369 e. The van der Waals surface area contributed by atoms with Gasteiger partial charge in [0.25, 0.3) is 5.08 Å². The highest BCUT2D eigenvalue weighted by molar-refractivity contribution is 7.72. The Morgan fingerprint density at radius 2 is 1.39 bits per heavy atom. The Kier molecular flexibility index (Phi) is 15.3. The molecular weight excluding hydrogens is 553 g/mol. The molecule has 1 aromatic rings. The van der Waals surface area contributed by atoms with E-state index in [2.05, 4.69) is 22.3 Å². The Bertz CT molecular complexity index is 851. The van der Waals surface area contributed by atoms with Crippen molar-refractivity contribution < 1.29 is 38.6 Å². The number of aliphatic hydroxyl groups is 1.